The van der Waals surface area contributed by atoms with Gasteiger partial charge in [-0.2, -0.15) is 0 Å². The fourth-order valence-electron chi connectivity index (χ4n) is 1.72. The Labute approximate surface area is 84.8 Å². The van der Waals surface area contributed by atoms with Crippen molar-refractivity contribution in [1.29, 1.82) is 0 Å². The summed E-state index contributed by atoms with van der Waals surface area (Å²) in [5, 5.41) is 3.60. The summed E-state index contributed by atoms with van der Waals surface area (Å²) >= 11 is 0. The van der Waals surface area contributed by atoms with E-state index in [-0.39, 0.29) is 11.7 Å². The van der Waals surface area contributed by atoms with E-state index in [4.69, 9.17) is 0 Å². The van der Waals surface area contributed by atoms with Crippen molar-refractivity contribution >= 4 is 11.7 Å². The van der Waals surface area contributed by atoms with E-state index in [0.717, 1.165) is 25.9 Å². The predicted molar refractivity (Wildman–Crippen MR) is 53.5 cm³/mol. The van der Waals surface area contributed by atoms with Gasteiger partial charge in [-0.05, 0) is 19.8 Å². The molecule has 0 unspecified atom stereocenters. The van der Waals surface area contributed by atoms with Gasteiger partial charge in [0.1, 0.15) is 5.78 Å². The number of hydrogen-bond donors (Lipinski definition) is 0. The maximum Gasteiger partial charge on any atom is 0.236 e. The Morgan fingerprint density at radius 1 is 1.50 bits per heavy atom. The van der Waals surface area contributed by atoms with E-state index in [1.165, 1.54) is 0 Å². The van der Waals surface area contributed by atoms with Crippen molar-refractivity contribution in [2.75, 3.05) is 19.6 Å². The Hall–Kier alpha value is -0.900. The van der Waals surface area contributed by atoms with E-state index in [0.29, 0.717) is 13.0 Å². The van der Waals surface area contributed by atoms with Gasteiger partial charge in [-0.3, -0.25) is 14.6 Å². The molecule has 0 saturated carbocycles. The number of amides is 1. The van der Waals surface area contributed by atoms with Crippen molar-refractivity contribution in [2.24, 2.45) is 0 Å². The Kier molecular flexibility index (Phi) is 4.07. The van der Waals surface area contributed by atoms with E-state index in [1.54, 1.807) is 11.9 Å². The van der Waals surface area contributed by atoms with Crippen molar-refractivity contribution in [3.8, 4) is 0 Å². The van der Waals surface area contributed by atoms with E-state index >= 15 is 0 Å². The van der Waals surface area contributed by atoms with Crippen LogP contribution < -0.4 is 0 Å². The number of hydrazine groups is 1. The molecule has 0 atom stereocenters. The molecule has 0 bridgehead atoms. The first-order valence-electron chi connectivity index (χ1n) is 5.19. The number of carbonyl (C=O) groups excluding carboxylic acids is 2. The number of ketones is 1. The highest BCUT2D eigenvalue weighted by molar-refractivity contribution is 5.79. The monoisotopic (exact) mass is 198 g/mol. The molecule has 1 heterocycles. The fraction of sp³-hybridized carbons (Fsp3) is 0.800. The summed E-state index contributed by atoms with van der Waals surface area (Å²) in [6.45, 7) is 5.51. The fourth-order valence-corrected chi connectivity index (χ4v) is 1.72. The summed E-state index contributed by atoms with van der Waals surface area (Å²) in [4.78, 5) is 22.5. The van der Waals surface area contributed by atoms with Crippen molar-refractivity contribution in [3.05, 3.63) is 0 Å². The van der Waals surface area contributed by atoms with Crippen LogP contribution in [0.15, 0.2) is 0 Å². The van der Waals surface area contributed by atoms with Crippen LogP contribution in [0.5, 0.6) is 0 Å². The maximum absolute atomic E-state index is 11.5. The molecule has 0 aromatic carbocycles. The third kappa shape index (κ3) is 2.80. The van der Waals surface area contributed by atoms with Gasteiger partial charge in [0, 0.05) is 19.5 Å². The van der Waals surface area contributed by atoms with Crippen molar-refractivity contribution in [1.82, 2.24) is 10.0 Å². The average molecular weight is 198 g/mol. The van der Waals surface area contributed by atoms with Gasteiger partial charge >= 0.3 is 0 Å². The Bertz CT molecular complexity index is 228. The molecule has 0 radical (unpaired) electrons. The molecule has 1 rings (SSSR count). The van der Waals surface area contributed by atoms with Gasteiger partial charge in [0.25, 0.3) is 0 Å². The SMILES string of the molecule is CCCN1C(=O)CCCN1CC(C)=O. The molecule has 80 valence electrons. The van der Waals surface area contributed by atoms with Crippen LogP contribution in [0, 0.1) is 0 Å². The van der Waals surface area contributed by atoms with Gasteiger partial charge < -0.3 is 0 Å². The molecule has 0 aromatic rings. The number of rotatable bonds is 4. The zero-order chi connectivity index (χ0) is 10.6. The van der Waals surface area contributed by atoms with Gasteiger partial charge in [0.05, 0.1) is 6.54 Å². The summed E-state index contributed by atoms with van der Waals surface area (Å²) in [7, 11) is 0. The summed E-state index contributed by atoms with van der Waals surface area (Å²) < 4.78 is 0. The molecular weight excluding hydrogens is 180 g/mol. The molecule has 1 saturated heterocycles. The minimum absolute atomic E-state index is 0.112. The van der Waals surface area contributed by atoms with Gasteiger partial charge in [0.2, 0.25) is 5.91 Å². The zero-order valence-corrected chi connectivity index (χ0v) is 8.95. The normalized spacial score (nSPS) is 18.7. The number of nitrogens with zero attached hydrogens (tertiary/aromatic N) is 2. The molecule has 0 aliphatic carbocycles. The van der Waals surface area contributed by atoms with Crippen LogP contribution in [-0.4, -0.2) is 41.3 Å². The Morgan fingerprint density at radius 2 is 2.21 bits per heavy atom. The minimum atomic E-state index is 0.112. The lowest BCUT2D eigenvalue weighted by molar-refractivity contribution is -0.157. The van der Waals surface area contributed by atoms with Crippen molar-refractivity contribution in [3.63, 3.8) is 0 Å². The van der Waals surface area contributed by atoms with Crippen LogP contribution in [0.1, 0.15) is 33.1 Å². The van der Waals surface area contributed by atoms with Crippen LogP contribution in [0.4, 0.5) is 0 Å². The van der Waals surface area contributed by atoms with Crippen LogP contribution in [-0.2, 0) is 9.59 Å². The number of carbonyl (C=O) groups is 2. The molecule has 4 nitrogen and oxygen atoms in total. The summed E-state index contributed by atoms with van der Waals surface area (Å²) in [6, 6.07) is 0. The van der Waals surface area contributed by atoms with Gasteiger partial charge in [0.15, 0.2) is 0 Å². The van der Waals surface area contributed by atoms with E-state index in [9.17, 15) is 9.59 Å². The second kappa shape index (κ2) is 5.10. The van der Waals surface area contributed by atoms with Crippen molar-refractivity contribution < 1.29 is 9.59 Å². The summed E-state index contributed by atoms with van der Waals surface area (Å²) in [6.07, 6.45) is 2.42. The topological polar surface area (TPSA) is 40.6 Å². The first kappa shape index (κ1) is 11.2. The molecule has 1 fully saturated rings. The maximum atomic E-state index is 11.5. The lowest BCUT2D eigenvalue weighted by Crippen LogP contribution is -2.52. The summed E-state index contributed by atoms with van der Waals surface area (Å²) in [5.74, 6) is 0.264. The lowest BCUT2D eigenvalue weighted by atomic mass is 10.2. The van der Waals surface area contributed by atoms with E-state index < -0.39 is 0 Å². The second-order valence-corrected chi connectivity index (χ2v) is 3.71. The molecular formula is C10H18N2O2. The molecule has 0 aromatic heterocycles. The van der Waals surface area contributed by atoms with Crippen LogP contribution >= 0.6 is 0 Å². The number of Topliss-reactive ketones (excluding diaryl/α,β-unsaturated/α-hetero) is 1. The molecule has 0 spiro atoms. The van der Waals surface area contributed by atoms with Crippen LogP contribution in [0.3, 0.4) is 0 Å². The second-order valence-electron chi connectivity index (χ2n) is 3.71. The molecule has 4 heteroatoms. The number of hydrogen-bond acceptors (Lipinski definition) is 3. The Morgan fingerprint density at radius 3 is 2.79 bits per heavy atom. The molecule has 1 aliphatic heterocycles. The van der Waals surface area contributed by atoms with Gasteiger partial charge in [-0.1, -0.05) is 6.92 Å². The van der Waals surface area contributed by atoms with E-state index in [1.807, 2.05) is 11.9 Å². The van der Waals surface area contributed by atoms with Crippen molar-refractivity contribution in [2.45, 2.75) is 33.1 Å². The largest absolute Gasteiger partial charge is 0.298 e. The molecule has 1 aliphatic rings. The predicted octanol–water partition coefficient (Wildman–Crippen LogP) is 0.825. The first-order valence-corrected chi connectivity index (χ1v) is 5.19. The Balaban J connectivity index is 2.59. The van der Waals surface area contributed by atoms with Gasteiger partial charge in [-0.15, -0.1) is 0 Å². The average Bonchev–Trinajstić information content (AvgIpc) is 2.10. The quantitative estimate of drug-likeness (QED) is 0.671. The first-order chi connectivity index (χ1) is 6.65. The third-order valence-electron chi connectivity index (χ3n) is 2.28. The standard InChI is InChI=1S/C10H18N2O2/c1-3-6-12-10(14)5-4-7-11(12)8-9(2)13/h3-8H2,1-2H3. The smallest absolute Gasteiger partial charge is 0.236 e. The van der Waals surface area contributed by atoms with Gasteiger partial charge in [-0.25, -0.2) is 5.01 Å². The summed E-state index contributed by atoms with van der Waals surface area (Å²) in [5.41, 5.74) is 0. The zero-order valence-electron chi connectivity index (χ0n) is 8.95. The highest BCUT2D eigenvalue weighted by Gasteiger charge is 2.25. The molecule has 14 heavy (non-hydrogen) atoms. The lowest BCUT2D eigenvalue weighted by Gasteiger charge is -2.37. The minimum Gasteiger partial charge on any atom is -0.298 e. The molecule has 0 N–H and O–H groups in total. The van der Waals surface area contributed by atoms with Crippen LogP contribution in [0.2, 0.25) is 0 Å². The highest BCUT2D eigenvalue weighted by atomic mass is 16.2. The van der Waals surface area contributed by atoms with E-state index in [2.05, 4.69) is 0 Å². The third-order valence-corrected chi connectivity index (χ3v) is 2.28. The van der Waals surface area contributed by atoms with Crippen LogP contribution in [0.25, 0.3) is 0 Å². The molecule has 1 amide bonds. The highest BCUT2D eigenvalue weighted by Crippen LogP contribution is 2.12.